The van der Waals surface area contributed by atoms with Gasteiger partial charge in [0.25, 0.3) is 0 Å². The number of ether oxygens (including phenoxy) is 1. The first-order valence-electron chi connectivity index (χ1n) is 7.34. The van der Waals surface area contributed by atoms with Crippen LogP contribution in [0.3, 0.4) is 0 Å². The molecule has 6 nitrogen and oxygen atoms in total. The maximum Gasteiger partial charge on any atom is 0.410 e. The molecule has 21 heavy (non-hydrogen) atoms. The highest BCUT2D eigenvalue weighted by molar-refractivity contribution is 5.68. The molecule has 1 fully saturated rings. The van der Waals surface area contributed by atoms with E-state index in [1.165, 1.54) is 0 Å². The number of aromatic nitrogens is 2. The molecule has 116 valence electrons. The molecular formula is C15H24N4O2. The molecule has 0 aliphatic carbocycles. The second kappa shape index (κ2) is 6.28. The quantitative estimate of drug-likeness (QED) is 0.837. The van der Waals surface area contributed by atoms with Crippen LogP contribution in [0.5, 0.6) is 0 Å². The Morgan fingerprint density at radius 3 is 2.38 bits per heavy atom. The zero-order chi connectivity index (χ0) is 15.5. The number of carbonyl (C=O) groups is 1. The first-order chi connectivity index (χ1) is 9.87. The van der Waals surface area contributed by atoms with Crippen LogP contribution >= 0.6 is 0 Å². The van der Waals surface area contributed by atoms with Gasteiger partial charge in [0.05, 0.1) is 0 Å². The maximum absolute atomic E-state index is 12.1. The molecule has 1 aliphatic rings. The Hall–Kier alpha value is -1.85. The first-order valence-corrected chi connectivity index (χ1v) is 7.34. The average molecular weight is 292 g/mol. The second-order valence-electron chi connectivity index (χ2n) is 6.36. The molecule has 0 radical (unpaired) electrons. The van der Waals surface area contributed by atoms with Crippen LogP contribution in [0.1, 0.15) is 33.6 Å². The number of amides is 1. The van der Waals surface area contributed by atoms with Gasteiger partial charge in [0.1, 0.15) is 5.60 Å². The van der Waals surface area contributed by atoms with Gasteiger partial charge in [0.15, 0.2) is 0 Å². The molecule has 1 saturated heterocycles. The number of rotatable bonds is 2. The molecule has 6 heteroatoms. The van der Waals surface area contributed by atoms with Gasteiger partial charge < -0.3 is 14.5 Å². The zero-order valence-corrected chi connectivity index (χ0v) is 13.2. The topological polar surface area (TPSA) is 58.6 Å². The molecule has 0 unspecified atom stereocenters. The Kier molecular flexibility index (Phi) is 4.65. The molecule has 1 aromatic heterocycles. The number of hydrogen-bond donors (Lipinski definition) is 0. The highest BCUT2D eigenvalue weighted by Gasteiger charge is 2.29. The van der Waals surface area contributed by atoms with E-state index in [9.17, 15) is 4.79 Å². The van der Waals surface area contributed by atoms with Crippen molar-refractivity contribution in [3.63, 3.8) is 0 Å². The predicted molar refractivity (Wildman–Crippen MR) is 81.3 cm³/mol. The summed E-state index contributed by atoms with van der Waals surface area (Å²) < 4.78 is 5.41. The van der Waals surface area contributed by atoms with Crippen LogP contribution in [-0.2, 0) is 4.74 Å². The molecular weight excluding hydrogens is 268 g/mol. The average Bonchev–Trinajstić information content (AvgIpc) is 2.46. The highest BCUT2D eigenvalue weighted by Crippen LogP contribution is 2.20. The van der Waals surface area contributed by atoms with Gasteiger partial charge in [-0.2, -0.15) is 0 Å². The minimum absolute atomic E-state index is 0.208. The largest absolute Gasteiger partial charge is 0.444 e. The van der Waals surface area contributed by atoms with Gasteiger partial charge in [-0.15, -0.1) is 0 Å². The van der Waals surface area contributed by atoms with Crippen molar-refractivity contribution in [1.29, 1.82) is 0 Å². The smallest absolute Gasteiger partial charge is 0.410 e. The van der Waals surface area contributed by atoms with Gasteiger partial charge in [-0.3, -0.25) is 0 Å². The number of hydrogen-bond acceptors (Lipinski definition) is 5. The van der Waals surface area contributed by atoms with Crippen LogP contribution in [0.25, 0.3) is 0 Å². The number of carbonyl (C=O) groups excluding carboxylic acids is 1. The van der Waals surface area contributed by atoms with Crippen molar-refractivity contribution in [3.8, 4) is 0 Å². The molecule has 1 aromatic rings. The van der Waals surface area contributed by atoms with Crippen molar-refractivity contribution < 1.29 is 9.53 Å². The molecule has 0 bridgehead atoms. The van der Waals surface area contributed by atoms with E-state index in [0.717, 1.165) is 31.9 Å². The van der Waals surface area contributed by atoms with E-state index >= 15 is 0 Å². The van der Waals surface area contributed by atoms with Crippen LogP contribution in [0.2, 0.25) is 0 Å². The molecule has 2 rings (SSSR count). The third-order valence-electron chi connectivity index (χ3n) is 3.53. The van der Waals surface area contributed by atoms with E-state index in [1.54, 1.807) is 17.3 Å². The fraction of sp³-hybridized carbons (Fsp3) is 0.667. The number of nitrogens with zero attached hydrogens (tertiary/aromatic N) is 4. The molecule has 0 saturated carbocycles. The minimum Gasteiger partial charge on any atom is -0.444 e. The lowest BCUT2D eigenvalue weighted by Crippen LogP contribution is -2.47. The van der Waals surface area contributed by atoms with Crippen LogP contribution < -0.4 is 4.90 Å². The van der Waals surface area contributed by atoms with E-state index < -0.39 is 5.60 Å². The Morgan fingerprint density at radius 1 is 1.29 bits per heavy atom. The molecule has 1 amide bonds. The summed E-state index contributed by atoms with van der Waals surface area (Å²) in [6.07, 6.45) is 5.04. The van der Waals surface area contributed by atoms with E-state index in [2.05, 4.69) is 14.9 Å². The van der Waals surface area contributed by atoms with Gasteiger partial charge in [-0.1, -0.05) is 0 Å². The van der Waals surface area contributed by atoms with Gasteiger partial charge >= 0.3 is 6.09 Å². The van der Waals surface area contributed by atoms with Crippen molar-refractivity contribution in [2.75, 3.05) is 25.0 Å². The summed E-state index contributed by atoms with van der Waals surface area (Å²) in [6.45, 7) is 7.35. The second-order valence-corrected chi connectivity index (χ2v) is 6.36. The van der Waals surface area contributed by atoms with Crippen molar-refractivity contribution in [3.05, 3.63) is 18.5 Å². The summed E-state index contributed by atoms with van der Waals surface area (Å²) in [7, 11) is 1.81. The third kappa shape index (κ3) is 4.31. The normalized spacial score (nSPS) is 16.7. The third-order valence-corrected chi connectivity index (χ3v) is 3.53. The molecule has 0 N–H and O–H groups in total. The van der Waals surface area contributed by atoms with E-state index in [-0.39, 0.29) is 12.1 Å². The Balaban J connectivity index is 1.87. The van der Waals surface area contributed by atoms with Crippen LogP contribution in [-0.4, -0.2) is 52.7 Å². The van der Waals surface area contributed by atoms with Crippen LogP contribution in [0.15, 0.2) is 18.5 Å². The fourth-order valence-electron chi connectivity index (χ4n) is 2.39. The van der Waals surface area contributed by atoms with Crippen molar-refractivity contribution in [2.45, 2.75) is 45.3 Å². The number of anilines is 1. The van der Waals surface area contributed by atoms with Gasteiger partial charge in [-0.25, -0.2) is 14.8 Å². The highest BCUT2D eigenvalue weighted by atomic mass is 16.6. The summed E-state index contributed by atoms with van der Waals surface area (Å²) >= 11 is 0. The van der Waals surface area contributed by atoms with Crippen molar-refractivity contribution >= 4 is 12.0 Å². The molecule has 0 aromatic carbocycles. The maximum atomic E-state index is 12.1. The standard InChI is InChI=1S/C15H24N4O2/c1-15(2,3)21-14(20)18(4)12-6-10-19(11-7-12)13-16-8-5-9-17-13/h5,8-9,12H,6-7,10-11H2,1-4H3. The summed E-state index contributed by atoms with van der Waals surface area (Å²) in [4.78, 5) is 24.5. The van der Waals surface area contributed by atoms with E-state index in [4.69, 9.17) is 4.74 Å². The summed E-state index contributed by atoms with van der Waals surface area (Å²) in [5.41, 5.74) is -0.454. The molecule has 1 aliphatic heterocycles. The molecule has 0 spiro atoms. The van der Waals surface area contributed by atoms with E-state index in [1.807, 2.05) is 33.9 Å². The Morgan fingerprint density at radius 2 is 1.86 bits per heavy atom. The first kappa shape index (κ1) is 15.5. The van der Waals surface area contributed by atoms with Gasteiger partial charge in [0, 0.05) is 38.6 Å². The Labute approximate surface area is 126 Å². The minimum atomic E-state index is -0.454. The van der Waals surface area contributed by atoms with Crippen molar-refractivity contribution in [1.82, 2.24) is 14.9 Å². The lowest BCUT2D eigenvalue weighted by Gasteiger charge is -2.37. The number of piperidine rings is 1. The van der Waals surface area contributed by atoms with Gasteiger partial charge in [0.2, 0.25) is 5.95 Å². The zero-order valence-electron chi connectivity index (χ0n) is 13.2. The van der Waals surface area contributed by atoms with E-state index in [0.29, 0.717) is 0 Å². The lowest BCUT2D eigenvalue weighted by molar-refractivity contribution is 0.0200. The van der Waals surface area contributed by atoms with Crippen LogP contribution in [0.4, 0.5) is 10.7 Å². The predicted octanol–water partition coefficient (Wildman–Crippen LogP) is 2.31. The lowest BCUT2D eigenvalue weighted by atomic mass is 10.0. The summed E-state index contributed by atoms with van der Waals surface area (Å²) in [6, 6.07) is 2.02. The fourth-order valence-corrected chi connectivity index (χ4v) is 2.39. The van der Waals surface area contributed by atoms with Gasteiger partial charge in [-0.05, 0) is 39.7 Å². The molecule has 2 heterocycles. The van der Waals surface area contributed by atoms with Crippen LogP contribution in [0, 0.1) is 0 Å². The SMILES string of the molecule is CN(C(=O)OC(C)(C)C)C1CCN(c2ncccn2)CC1. The van der Waals surface area contributed by atoms with Crippen molar-refractivity contribution in [2.24, 2.45) is 0 Å². The molecule has 0 atom stereocenters. The summed E-state index contributed by atoms with van der Waals surface area (Å²) in [5, 5.41) is 0. The summed E-state index contributed by atoms with van der Waals surface area (Å²) in [5.74, 6) is 0.760. The monoisotopic (exact) mass is 292 g/mol. The Bertz CT molecular complexity index is 464.